The Balaban J connectivity index is 2.81. The fraction of sp³-hybridized carbons (Fsp3) is 0.200. The van der Waals surface area contributed by atoms with E-state index in [1.807, 2.05) is 17.7 Å². The lowest BCUT2D eigenvalue weighted by Crippen LogP contribution is -1.89. The van der Waals surface area contributed by atoms with Crippen LogP contribution in [0, 0.1) is 5.82 Å². The summed E-state index contributed by atoms with van der Waals surface area (Å²) in [6.45, 7) is 0. The number of rotatable bonds is 2. The minimum Gasteiger partial charge on any atom is -0.493 e. The second kappa shape index (κ2) is 3.79. The maximum Gasteiger partial charge on any atom is 0.166 e. The van der Waals surface area contributed by atoms with E-state index < -0.39 is 0 Å². The van der Waals surface area contributed by atoms with Gasteiger partial charge in [-0.2, -0.15) is 0 Å². The first-order chi connectivity index (χ1) is 6.77. The number of fused-ring (bicyclic) bond motifs is 1. The zero-order valence-corrected chi connectivity index (χ0v) is 9.47. The lowest BCUT2D eigenvalue weighted by atomic mass is 10.2. The van der Waals surface area contributed by atoms with E-state index in [2.05, 4.69) is 0 Å². The van der Waals surface area contributed by atoms with Gasteiger partial charge in [0.2, 0.25) is 0 Å². The van der Waals surface area contributed by atoms with Gasteiger partial charge >= 0.3 is 0 Å². The fourth-order valence-corrected chi connectivity index (χ4v) is 3.13. The minimum atomic E-state index is -0.289. The van der Waals surface area contributed by atoms with Crippen LogP contribution in [0.15, 0.2) is 22.4 Å². The number of methoxy groups -OCH3 is 1. The summed E-state index contributed by atoms with van der Waals surface area (Å²) < 4.78 is 19.6. The van der Waals surface area contributed by atoms with E-state index >= 15 is 0 Å². The summed E-state index contributed by atoms with van der Waals surface area (Å²) in [5, 5.41) is 2.81. The Bertz CT molecular complexity index is 464. The molecule has 2 rings (SSSR count). The van der Waals surface area contributed by atoms with Gasteiger partial charge in [-0.1, -0.05) is 0 Å². The van der Waals surface area contributed by atoms with Crippen LogP contribution in [0.3, 0.4) is 0 Å². The zero-order chi connectivity index (χ0) is 10.1. The highest BCUT2D eigenvalue weighted by atomic mass is 32.2. The molecule has 0 aliphatic heterocycles. The highest BCUT2D eigenvalue weighted by Crippen LogP contribution is 2.38. The second-order valence-electron chi connectivity index (χ2n) is 2.76. The van der Waals surface area contributed by atoms with E-state index in [1.54, 1.807) is 23.1 Å². The predicted molar refractivity (Wildman–Crippen MR) is 60.1 cm³/mol. The molecule has 2 aromatic rings. The van der Waals surface area contributed by atoms with E-state index in [9.17, 15) is 4.39 Å². The summed E-state index contributed by atoms with van der Waals surface area (Å²) >= 11 is 3.16. The maximum atomic E-state index is 13.5. The molecule has 0 atom stereocenters. The zero-order valence-electron chi connectivity index (χ0n) is 7.83. The molecule has 1 aromatic carbocycles. The first-order valence-electron chi connectivity index (χ1n) is 4.05. The van der Waals surface area contributed by atoms with Crippen molar-refractivity contribution >= 4 is 33.2 Å². The van der Waals surface area contributed by atoms with Crippen LogP contribution in [0.4, 0.5) is 4.39 Å². The molecule has 0 aliphatic rings. The first kappa shape index (κ1) is 9.80. The molecule has 14 heavy (non-hydrogen) atoms. The summed E-state index contributed by atoms with van der Waals surface area (Å²) in [4.78, 5) is 0.966. The number of hydrogen-bond donors (Lipinski definition) is 0. The lowest BCUT2D eigenvalue weighted by Gasteiger charge is -2.06. The molecular weight excluding hydrogens is 219 g/mol. The third-order valence-electron chi connectivity index (χ3n) is 2.03. The monoisotopic (exact) mass is 228 g/mol. The number of thioether (sulfide) groups is 1. The number of benzene rings is 1. The van der Waals surface area contributed by atoms with Gasteiger partial charge in [-0.05, 0) is 23.8 Å². The van der Waals surface area contributed by atoms with Gasteiger partial charge in [-0.25, -0.2) is 4.39 Å². The molecule has 1 aromatic heterocycles. The van der Waals surface area contributed by atoms with Crippen LogP contribution in [0.5, 0.6) is 5.75 Å². The predicted octanol–water partition coefficient (Wildman–Crippen LogP) is 3.77. The molecule has 74 valence electrons. The molecule has 0 fully saturated rings. The van der Waals surface area contributed by atoms with Gasteiger partial charge < -0.3 is 4.74 Å². The van der Waals surface area contributed by atoms with Crippen molar-refractivity contribution in [2.24, 2.45) is 0 Å². The van der Waals surface area contributed by atoms with Gasteiger partial charge in [0.25, 0.3) is 0 Å². The van der Waals surface area contributed by atoms with Crippen LogP contribution in [0.1, 0.15) is 0 Å². The van der Waals surface area contributed by atoms with E-state index in [-0.39, 0.29) is 5.82 Å². The Morgan fingerprint density at radius 3 is 2.93 bits per heavy atom. The van der Waals surface area contributed by atoms with Crippen LogP contribution < -0.4 is 4.74 Å². The van der Waals surface area contributed by atoms with Crippen molar-refractivity contribution in [1.82, 2.24) is 0 Å². The van der Waals surface area contributed by atoms with Crippen LogP contribution in [-0.4, -0.2) is 13.4 Å². The minimum absolute atomic E-state index is 0.289. The van der Waals surface area contributed by atoms with E-state index in [0.717, 1.165) is 15.0 Å². The molecule has 1 nitrogen and oxygen atoms in total. The Morgan fingerprint density at radius 2 is 2.29 bits per heavy atom. The number of ether oxygens (including phenoxy) is 1. The number of hydrogen-bond acceptors (Lipinski definition) is 3. The van der Waals surface area contributed by atoms with Gasteiger partial charge in [0.15, 0.2) is 11.6 Å². The van der Waals surface area contributed by atoms with Gasteiger partial charge in [0.05, 0.1) is 11.8 Å². The Hall–Kier alpha value is -0.740. The summed E-state index contributed by atoms with van der Waals surface area (Å²) in [5.41, 5.74) is 0. The molecule has 0 saturated heterocycles. The smallest absolute Gasteiger partial charge is 0.166 e. The van der Waals surface area contributed by atoms with Gasteiger partial charge in [-0.3, -0.25) is 0 Å². The molecule has 0 spiro atoms. The van der Waals surface area contributed by atoms with E-state index in [4.69, 9.17) is 4.74 Å². The second-order valence-corrected chi connectivity index (χ2v) is 4.52. The van der Waals surface area contributed by atoms with Crippen molar-refractivity contribution < 1.29 is 9.13 Å². The molecule has 0 amide bonds. The molecule has 0 aliphatic carbocycles. The molecule has 1 heterocycles. The van der Waals surface area contributed by atoms with E-state index in [1.165, 1.54) is 13.2 Å². The molecule has 0 radical (unpaired) electrons. The lowest BCUT2D eigenvalue weighted by molar-refractivity contribution is 0.391. The number of halogens is 1. The van der Waals surface area contributed by atoms with Crippen LogP contribution >= 0.6 is 23.1 Å². The highest BCUT2D eigenvalue weighted by Gasteiger charge is 2.12. The molecule has 0 bridgehead atoms. The quantitative estimate of drug-likeness (QED) is 0.724. The normalized spacial score (nSPS) is 10.8. The van der Waals surface area contributed by atoms with Crippen LogP contribution in [0.2, 0.25) is 0 Å². The topological polar surface area (TPSA) is 9.23 Å². The van der Waals surface area contributed by atoms with Crippen molar-refractivity contribution in [3.63, 3.8) is 0 Å². The van der Waals surface area contributed by atoms with Crippen LogP contribution in [0.25, 0.3) is 10.1 Å². The molecule has 0 unspecified atom stereocenters. The fourth-order valence-electron chi connectivity index (χ4n) is 1.41. The molecule has 4 heteroatoms. The summed E-state index contributed by atoms with van der Waals surface area (Å²) in [7, 11) is 1.49. The Labute approximate surface area is 89.9 Å². The highest BCUT2D eigenvalue weighted by molar-refractivity contribution is 7.99. The van der Waals surface area contributed by atoms with Crippen molar-refractivity contribution in [2.45, 2.75) is 4.90 Å². The molecular formula is C10H9FOS2. The first-order valence-corrected chi connectivity index (χ1v) is 6.16. The SMILES string of the molecule is COc1c(F)cc(SC)c2sccc12. The average Bonchev–Trinajstić information content (AvgIpc) is 2.65. The Kier molecular flexibility index (Phi) is 2.65. The largest absolute Gasteiger partial charge is 0.493 e. The van der Waals surface area contributed by atoms with Crippen LogP contribution in [-0.2, 0) is 0 Å². The van der Waals surface area contributed by atoms with Gasteiger partial charge in [0.1, 0.15) is 0 Å². The van der Waals surface area contributed by atoms with Crippen molar-refractivity contribution in [2.75, 3.05) is 13.4 Å². The number of thiophene rings is 1. The standard InChI is InChI=1S/C10H9FOS2/c1-12-9-6-3-4-14-10(6)8(13-2)5-7(9)11/h3-5H,1-2H3. The maximum absolute atomic E-state index is 13.5. The summed E-state index contributed by atoms with van der Waals surface area (Å²) in [5.74, 6) is 0.0572. The van der Waals surface area contributed by atoms with Crippen molar-refractivity contribution in [3.8, 4) is 5.75 Å². The van der Waals surface area contributed by atoms with Gasteiger partial charge in [0, 0.05) is 10.3 Å². The molecule has 0 saturated carbocycles. The van der Waals surface area contributed by atoms with Crippen molar-refractivity contribution in [3.05, 3.63) is 23.3 Å². The van der Waals surface area contributed by atoms with Crippen molar-refractivity contribution in [1.29, 1.82) is 0 Å². The average molecular weight is 228 g/mol. The summed E-state index contributed by atoms with van der Waals surface area (Å²) in [6, 6.07) is 3.42. The third kappa shape index (κ3) is 1.38. The van der Waals surface area contributed by atoms with E-state index in [0.29, 0.717) is 5.75 Å². The Morgan fingerprint density at radius 1 is 1.50 bits per heavy atom. The molecule has 0 N–H and O–H groups in total. The van der Waals surface area contributed by atoms with Gasteiger partial charge in [-0.15, -0.1) is 23.1 Å². The summed E-state index contributed by atoms with van der Waals surface area (Å²) in [6.07, 6.45) is 1.94. The third-order valence-corrected chi connectivity index (χ3v) is 3.87.